The molecule has 0 aliphatic carbocycles. The van der Waals surface area contributed by atoms with Crippen molar-refractivity contribution in [2.24, 2.45) is 16.8 Å². The van der Waals surface area contributed by atoms with Crippen LogP contribution in [0.2, 0.25) is 0 Å². The van der Waals surface area contributed by atoms with E-state index in [0.29, 0.717) is 5.92 Å². The lowest BCUT2D eigenvalue weighted by Gasteiger charge is -2.10. The molecule has 0 bridgehead atoms. The highest BCUT2D eigenvalue weighted by atomic mass is 14.7. The Balaban J connectivity index is 3.86. The molecule has 0 atom stereocenters. The standard InChI is InChI=1S/C9H19N/c1-7(2)6-9(10-5)8(3)4/h7-8H,6H2,1-5H3/b10-9+. The second kappa shape index (κ2) is 4.48. The summed E-state index contributed by atoms with van der Waals surface area (Å²) in [4.78, 5) is 4.24. The fourth-order valence-electron chi connectivity index (χ4n) is 1.00. The lowest BCUT2D eigenvalue weighted by molar-refractivity contribution is 0.659. The second-order valence-electron chi connectivity index (χ2n) is 3.47. The molecule has 0 heterocycles. The van der Waals surface area contributed by atoms with Crippen LogP contribution < -0.4 is 0 Å². The lowest BCUT2D eigenvalue weighted by Crippen LogP contribution is -2.10. The summed E-state index contributed by atoms with van der Waals surface area (Å²) < 4.78 is 0. The molecule has 0 aliphatic heterocycles. The van der Waals surface area contributed by atoms with Gasteiger partial charge < -0.3 is 0 Å². The molecule has 0 amide bonds. The predicted octanol–water partition coefficient (Wildman–Crippen LogP) is 2.76. The molecule has 0 aromatic rings. The zero-order valence-electron chi connectivity index (χ0n) is 7.81. The van der Waals surface area contributed by atoms with Gasteiger partial charge in [0.25, 0.3) is 0 Å². The van der Waals surface area contributed by atoms with Crippen molar-refractivity contribution in [2.75, 3.05) is 7.05 Å². The molecule has 0 aromatic carbocycles. The van der Waals surface area contributed by atoms with Crippen LogP contribution in [0.3, 0.4) is 0 Å². The molecule has 0 saturated carbocycles. The van der Waals surface area contributed by atoms with Crippen LogP contribution in [0.25, 0.3) is 0 Å². The Morgan fingerprint density at radius 1 is 1.20 bits per heavy atom. The van der Waals surface area contributed by atoms with Crippen molar-refractivity contribution in [1.82, 2.24) is 0 Å². The predicted molar refractivity (Wildman–Crippen MR) is 47.7 cm³/mol. The molecular formula is C9H19N. The first-order valence-electron chi connectivity index (χ1n) is 4.03. The molecular weight excluding hydrogens is 122 g/mol. The Morgan fingerprint density at radius 2 is 1.70 bits per heavy atom. The van der Waals surface area contributed by atoms with Crippen LogP contribution in [0.15, 0.2) is 4.99 Å². The highest BCUT2D eigenvalue weighted by molar-refractivity contribution is 5.86. The minimum atomic E-state index is 0.618. The fourth-order valence-corrected chi connectivity index (χ4v) is 1.00. The smallest absolute Gasteiger partial charge is 0.0276 e. The normalized spacial score (nSPS) is 13.3. The van der Waals surface area contributed by atoms with Gasteiger partial charge in [0.1, 0.15) is 0 Å². The maximum atomic E-state index is 4.24. The summed E-state index contributed by atoms with van der Waals surface area (Å²) in [6.07, 6.45) is 1.15. The molecule has 0 saturated heterocycles. The van der Waals surface area contributed by atoms with Gasteiger partial charge in [0.2, 0.25) is 0 Å². The van der Waals surface area contributed by atoms with Crippen molar-refractivity contribution in [3.05, 3.63) is 0 Å². The number of hydrogen-bond donors (Lipinski definition) is 0. The summed E-state index contributed by atoms with van der Waals surface area (Å²) in [6.45, 7) is 8.86. The summed E-state index contributed by atoms with van der Waals surface area (Å²) >= 11 is 0. The van der Waals surface area contributed by atoms with Crippen molar-refractivity contribution in [1.29, 1.82) is 0 Å². The molecule has 0 fully saturated rings. The maximum absolute atomic E-state index is 4.24. The average Bonchev–Trinajstić information content (AvgIpc) is 1.81. The third kappa shape index (κ3) is 3.65. The van der Waals surface area contributed by atoms with Crippen LogP contribution in [0.4, 0.5) is 0 Å². The Morgan fingerprint density at radius 3 is 1.80 bits per heavy atom. The van der Waals surface area contributed by atoms with Gasteiger partial charge >= 0.3 is 0 Å². The van der Waals surface area contributed by atoms with E-state index in [1.54, 1.807) is 0 Å². The van der Waals surface area contributed by atoms with E-state index in [9.17, 15) is 0 Å². The molecule has 0 aromatic heterocycles. The minimum Gasteiger partial charge on any atom is -0.297 e. The average molecular weight is 141 g/mol. The Hall–Kier alpha value is -0.330. The fraction of sp³-hybridized carbons (Fsp3) is 0.889. The first-order valence-corrected chi connectivity index (χ1v) is 4.03. The molecule has 60 valence electrons. The Labute approximate surface area is 64.6 Å². The number of nitrogens with zero attached hydrogens (tertiary/aromatic N) is 1. The summed E-state index contributed by atoms with van der Waals surface area (Å²) in [5.74, 6) is 1.36. The molecule has 10 heavy (non-hydrogen) atoms. The highest BCUT2D eigenvalue weighted by Gasteiger charge is 2.05. The minimum absolute atomic E-state index is 0.618. The highest BCUT2D eigenvalue weighted by Crippen LogP contribution is 2.08. The van der Waals surface area contributed by atoms with Crippen molar-refractivity contribution >= 4 is 5.71 Å². The van der Waals surface area contributed by atoms with E-state index in [0.717, 1.165) is 12.3 Å². The van der Waals surface area contributed by atoms with Gasteiger partial charge in [-0.3, -0.25) is 4.99 Å². The van der Waals surface area contributed by atoms with Gasteiger partial charge in [-0.05, 0) is 18.3 Å². The van der Waals surface area contributed by atoms with Gasteiger partial charge in [0, 0.05) is 12.8 Å². The number of rotatable bonds is 3. The van der Waals surface area contributed by atoms with E-state index < -0.39 is 0 Å². The number of hydrogen-bond acceptors (Lipinski definition) is 1. The summed E-state index contributed by atoms with van der Waals surface area (Å²) in [6, 6.07) is 0. The molecule has 0 rings (SSSR count). The monoisotopic (exact) mass is 141 g/mol. The van der Waals surface area contributed by atoms with Crippen molar-refractivity contribution in [3.8, 4) is 0 Å². The third-order valence-corrected chi connectivity index (χ3v) is 1.57. The molecule has 0 N–H and O–H groups in total. The quantitative estimate of drug-likeness (QED) is 0.536. The van der Waals surface area contributed by atoms with E-state index in [2.05, 4.69) is 32.7 Å². The van der Waals surface area contributed by atoms with Crippen LogP contribution in [-0.2, 0) is 0 Å². The number of aliphatic imine (C=N–C) groups is 1. The van der Waals surface area contributed by atoms with Gasteiger partial charge in [0.05, 0.1) is 0 Å². The lowest BCUT2D eigenvalue weighted by atomic mass is 9.98. The van der Waals surface area contributed by atoms with Crippen LogP contribution >= 0.6 is 0 Å². The molecule has 1 nitrogen and oxygen atoms in total. The second-order valence-corrected chi connectivity index (χ2v) is 3.47. The summed E-state index contributed by atoms with van der Waals surface area (Å²) in [5, 5.41) is 0. The SMILES string of the molecule is C/N=C(\CC(C)C)C(C)C. The van der Waals surface area contributed by atoms with Crippen LogP contribution in [-0.4, -0.2) is 12.8 Å². The zero-order chi connectivity index (χ0) is 8.15. The van der Waals surface area contributed by atoms with E-state index in [1.807, 2.05) is 7.05 Å². The molecule has 0 radical (unpaired) electrons. The molecule has 0 aliphatic rings. The van der Waals surface area contributed by atoms with Gasteiger partial charge in [0.15, 0.2) is 0 Å². The zero-order valence-corrected chi connectivity index (χ0v) is 7.81. The van der Waals surface area contributed by atoms with Crippen molar-refractivity contribution in [3.63, 3.8) is 0 Å². The van der Waals surface area contributed by atoms with E-state index in [1.165, 1.54) is 5.71 Å². The molecule has 0 unspecified atom stereocenters. The van der Waals surface area contributed by atoms with Gasteiger partial charge in [-0.1, -0.05) is 27.7 Å². The molecule has 0 spiro atoms. The van der Waals surface area contributed by atoms with Crippen molar-refractivity contribution < 1.29 is 0 Å². The largest absolute Gasteiger partial charge is 0.297 e. The van der Waals surface area contributed by atoms with Gasteiger partial charge in [-0.2, -0.15) is 0 Å². The summed E-state index contributed by atoms with van der Waals surface area (Å²) in [7, 11) is 1.89. The maximum Gasteiger partial charge on any atom is 0.0276 e. The Bertz CT molecular complexity index is 112. The van der Waals surface area contributed by atoms with Crippen LogP contribution in [0, 0.1) is 11.8 Å². The van der Waals surface area contributed by atoms with E-state index in [-0.39, 0.29) is 0 Å². The van der Waals surface area contributed by atoms with E-state index >= 15 is 0 Å². The van der Waals surface area contributed by atoms with Gasteiger partial charge in [-0.25, -0.2) is 0 Å². The first-order chi connectivity index (χ1) is 4.57. The van der Waals surface area contributed by atoms with Gasteiger partial charge in [-0.15, -0.1) is 0 Å². The third-order valence-electron chi connectivity index (χ3n) is 1.57. The Kier molecular flexibility index (Phi) is 4.33. The van der Waals surface area contributed by atoms with Crippen LogP contribution in [0.1, 0.15) is 34.1 Å². The first kappa shape index (κ1) is 9.67. The van der Waals surface area contributed by atoms with Crippen molar-refractivity contribution in [2.45, 2.75) is 34.1 Å². The van der Waals surface area contributed by atoms with E-state index in [4.69, 9.17) is 0 Å². The summed E-state index contributed by atoms with van der Waals surface area (Å²) in [5.41, 5.74) is 1.34. The topological polar surface area (TPSA) is 12.4 Å². The molecule has 1 heteroatoms. The van der Waals surface area contributed by atoms with Crippen LogP contribution in [0.5, 0.6) is 0 Å².